The Morgan fingerprint density at radius 3 is 2.31 bits per heavy atom. The van der Waals surface area contributed by atoms with E-state index in [9.17, 15) is 9.90 Å². The predicted molar refractivity (Wildman–Crippen MR) is 125 cm³/mol. The summed E-state index contributed by atoms with van der Waals surface area (Å²) in [4.78, 5) is 11.4. The number of rotatable bonds is 8. The molecule has 0 atom stereocenters. The highest BCUT2D eigenvalue weighted by atomic mass is 35.5. The molecule has 0 unspecified atom stereocenters. The van der Waals surface area contributed by atoms with Gasteiger partial charge >= 0.3 is 0 Å². The van der Waals surface area contributed by atoms with Crippen LogP contribution in [0.4, 0.5) is 5.69 Å². The molecule has 32 heavy (non-hydrogen) atoms. The molecule has 0 aliphatic rings. The van der Waals surface area contributed by atoms with Gasteiger partial charge < -0.3 is 15.2 Å². The number of carbonyl (C=O) groups is 1. The van der Waals surface area contributed by atoms with Gasteiger partial charge in [0.25, 0.3) is 0 Å². The molecular formula is C25H22ClN3O3. The number of halogens is 1. The summed E-state index contributed by atoms with van der Waals surface area (Å²) in [5.74, 6) is 1.18. The first-order valence-electron chi connectivity index (χ1n) is 10.1. The Labute approximate surface area is 191 Å². The molecule has 0 fully saturated rings. The third-order valence-corrected chi connectivity index (χ3v) is 5.09. The van der Waals surface area contributed by atoms with Gasteiger partial charge in [-0.1, -0.05) is 30.3 Å². The smallest absolute Gasteiger partial charge is 0.239 e. The molecule has 0 bridgehead atoms. The zero-order valence-corrected chi connectivity index (χ0v) is 18.0. The van der Waals surface area contributed by atoms with Crippen molar-refractivity contribution in [2.24, 2.45) is 0 Å². The Kier molecular flexibility index (Phi) is 6.84. The zero-order chi connectivity index (χ0) is 22.3. The van der Waals surface area contributed by atoms with Crippen LogP contribution < -0.4 is 10.1 Å². The Hall–Kier alpha value is -3.61. The molecule has 0 saturated heterocycles. The van der Waals surface area contributed by atoms with Crippen molar-refractivity contribution in [2.75, 3.05) is 11.2 Å². The number of aliphatic hydroxyl groups is 1. The third-order valence-electron chi connectivity index (χ3n) is 4.85. The molecule has 1 amide bonds. The SMILES string of the molecule is O=C(CCl)Nc1ccc(Cn2nc(-c3ccc(Oc4ccccc4)cc3)cc2CO)cc1. The van der Waals surface area contributed by atoms with Crippen LogP contribution in [0.3, 0.4) is 0 Å². The van der Waals surface area contributed by atoms with Crippen LogP contribution >= 0.6 is 11.6 Å². The highest BCUT2D eigenvalue weighted by Gasteiger charge is 2.10. The van der Waals surface area contributed by atoms with E-state index >= 15 is 0 Å². The first-order chi connectivity index (χ1) is 15.6. The number of para-hydroxylation sites is 1. The molecule has 1 heterocycles. The second-order valence-corrected chi connectivity index (χ2v) is 7.42. The first kappa shape index (κ1) is 21.6. The number of aliphatic hydroxyl groups excluding tert-OH is 1. The number of carbonyl (C=O) groups excluding carboxylic acids is 1. The average Bonchev–Trinajstić information content (AvgIpc) is 3.24. The van der Waals surface area contributed by atoms with Crippen molar-refractivity contribution in [1.82, 2.24) is 9.78 Å². The molecule has 0 aliphatic heterocycles. The lowest BCUT2D eigenvalue weighted by Crippen LogP contribution is -2.12. The summed E-state index contributed by atoms with van der Waals surface area (Å²) in [6, 6.07) is 26.6. The normalized spacial score (nSPS) is 10.7. The van der Waals surface area contributed by atoms with Gasteiger partial charge in [-0.3, -0.25) is 9.48 Å². The molecule has 0 radical (unpaired) electrons. The fraction of sp³-hybridized carbons (Fsp3) is 0.120. The number of hydrogen-bond donors (Lipinski definition) is 2. The summed E-state index contributed by atoms with van der Waals surface area (Å²) >= 11 is 5.52. The van der Waals surface area contributed by atoms with Crippen molar-refractivity contribution < 1.29 is 14.6 Å². The Morgan fingerprint density at radius 2 is 1.66 bits per heavy atom. The molecule has 4 aromatic rings. The van der Waals surface area contributed by atoms with Gasteiger partial charge in [0.15, 0.2) is 0 Å². The van der Waals surface area contributed by atoms with Gasteiger partial charge in [0.2, 0.25) is 5.91 Å². The summed E-state index contributed by atoms with van der Waals surface area (Å²) in [6.45, 7) is 0.376. The quantitative estimate of drug-likeness (QED) is 0.370. The van der Waals surface area contributed by atoms with Crippen LogP contribution in [0.15, 0.2) is 84.9 Å². The molecule has 6 nitrogen and oxygen atoms in total. The van der Waals surface area contributed by atoms with E-state index in [2.05, 4.69) is 10.4 Å². The van der Waals surface area contributed by atoms with Crippen LogP contribution in [0.1, 0.15) is 11.3 Å². The van der Waals surface area contributed by atoms with Gasteiger partial charge in [0.05, 0.1) is 24.5 Å². The van der Waals surface area contributed by atoms with Gasteiger partial charge in [0.1, 0.15) is 17.4 Å². The van der Waals surface area contributed by atoms with Crippen molar-refractivity contribution in [1.29, 1.82) is 0 Å². The summed E-state index contributed by atoms with van der Waals surface area (Å²) in [5.41, 5.74) is 4.08. The minimum atomic E-state index is -0.251. The number of amides is 1. The molecule has 162 valence electrons. The summed E-state index contributed by atoms with van der Waals surface area (Å²) < 4.78 is 7.61. The van der Waals surface area contributed by atoms with E-state index in [-0.39, 0.29) is 18.4 Å². The number of aromatic nitrogens is 2. The van der Waals surface area contributed by atoms with E-state index in [4.69, 9.17) is 16.3 Å². The van der Waals surface area contributed by atoms with Gasteiger partial charge in [0, 0.05) is 11.3 Å². The minimum absolute atomic E-state index is 0.0863. The molecular weight excluding hydrogens is 426 g/mol. The Morgan fingerprint density at radius 1 is 0.969 bits per heavy atom. The second-order valence-electron chi connectivity index (χ2n) is 7.15. The van der Waals surface area contributed by atoms with Crippen LogP contribution in [-0.2, 0) is 17.9 Å². The zero-order valence-electron chi connectivity index (χ0n) is 17.2. The van der Waals surface area contributed by atoms with Gasteiger partial charge in [-0.25, -0.2) is 0 Å². The molecule has 3 aromatic carbocycles. The van der Waals surface area contributed by atoms with Gasteiger partial charge in [-0.05, 0) is 60.2 Å². The van der Waals surface area contributed by atoms with Crippen LogP contribution in [0.2, 0.25) is 0 Å². The number of ether oxygens (including phenoxy) is 1. The summed E-state index contributed by atoms with van der Waals surface area (Å²) in [7, 11) is 0. The number of nitrogens with one attached hydrogen (secondary N) is 1. The van der Waals surface area contributed by atoms with E-state index in [0.29, 0.717) is 17.9 Å². The maximum Gasteiger partial charge on any atom is 0.239 e. The lowest BCUT2D eigenvalue weighted by atomic mass is 10.1. The molecule has 7 heteroatoms. The van der Waals surface area contributed by atoms with Crippen LogP contribution in [0, 0.1) is 0 Å². The van der Waals surface area contributed by atoms with Crippen molar-refractivity contribution in [3.05, 3.63) is 96.2 Å². The standard InChI is InChI=1S/C25H22ClN3O3/c26-15-25(31)27-20-10-6-18(7-11-20)16-29-21(17-30)14-24(28-29)19-8-12-23(13-9-19)32-22-4-2-1-3-5-22/h1-14,30H,15-17H2,(H,27,31). The molecule has 1 aromatic heterocycles. The van der Waals surface area contributed by atoms with Crippen LogP contribution in [0.25, 0.3) is 11.3 Å². The van der Waals surface area contributed by atoms with E-state index in [0.717, 1.165) is 28.3 Å². The molecule has 2 N–H and O–H groups in total. The Bertz CT molecular complexity index is 1170. The number of anilines is 1. The molecule has 0 saturated carbocycles. The second kappa shape index (κ2) is 10.1. The predicted octanol–water partition coefficient (Wildman–Crippen LogP) is 5.06. The van der Waals surface area contributed by atoms with Gasteiger partial charge in [-0.15, -0.1) is 11.6 Å². The molecule has 0 spiro atoms. The van der Waals surface area contributed by atoms with Crippen molar-refractivity contribution in [3.8, 4) is 22.8 Å². The van der Waals surface area contributed by atoms with E-state index in [1.807, 2.05) is 84.9 Å². The summed E-state index contributed by atoms with van der Waals surface area (Å²) in [5, 5.41) is 17.2. The maximum atomic E-state index is 11.4. The van der Waals surface area contributed by atoms with E-state index in [1.54, 1.807) is 4.68 Å². The number of hydrogen-bond acceptors (Lipinski definition) is 4. The highest BCUT2D eigenvalue weighted by Crippen LogP contribution is 2.26. The molecule has 0 aliphatic carbocycles. The van der Waals surface area contributed by atoms with Crippen molar-refractivity contribution >= 4 is 23.2 Å². The molecule has 4 rings (SSSR count). The van der Waals surface area contributed by atoms with Crippen molar-refractivity contribution in [3.63, 3.8) is 0 Å². The van der Waals surface area contributed by atoms with Crippen LogP contribution in [-0.4, -0.2) is 26.7 Å². The van der Waals surface area contributed by atoms with E-state index in [1.165, 1.54) is 0 Å². The topological polar surface area (TPSA) is 76.4 Å². The number of nitrogens with zero attached hydrogens (tertiary/aromatic N) is 2. The fourth-order valence-corrected chi connectivity index (χ4v) is 3.31. The monoisotopic (exact) mass is 447 g/mol. The van der Waals surface area contributed by atoms with Crippen molar-refractivity contribution in [2.45, 2.75) is 13.2 Å². The maximum absolute atomic E-state index is 11.4. The van der Waals surface area contributed by atoms with E-state index < -0.39 is 0 Å². The lowest BCUT2D eigenvalue weighted by Gasteiger charge is -2.08. The third kappa shape index (κ3) is 5.35. The fourth-order valence-electron chi connectivity index (χ4n) is 3.24. The van der Waals surface area contributed by atoms with Crippen LogP contribution in [0.5, 0.6) is 11.5 Å². The van der Waals surface area contributed by atoms with Gasteiger partial charge in [-0.2, -0.15) is 5.10 Å². The largest absolute Gasteiger partial charge is 0.457 e. The lowest BCUT2D eigenvalue weighted by molar-refractivity contribution is -0.113. The number of alkyl halides is 1. The highest BCUT2D eigenvalue weighted by molar-refractivity contribution is 6.29. The average molecular weight is 448 g/mol. The minimum Gasteiger partial charge on any atom is -0.457 e. The first-order valence-corrected chi connectivity index (χ1v) is 10.6. The summed E-state index contributed by atoms with van der Waals surface area (Å²) in [6.07, 6.45) is 0. The number of benzene rings is 3. The Balaban J connectivity index is 1.47.